The molecule has 2 radical (unpaired) electrons. The molecule has 2 aromatic carbocycles. The Morgan fingerprint density at radius 1 is 1.23 bits per heavy atom. The molecule has 4 aromatic rings. The van der Waals surface area contributed by atoms with Gasteiger partial charge in [-0.3, -0.25) is 0 Å². The van der Waals surface area contributed by atoms with E-state index >= 15 is 0 Å². The molecule has 156 valence electrons. The van der Waals surface area contributed by atoms with E-state index in [2.05, 4.69) is 25.8 Å². The van der Waals surface area contributed by atoms with Crippen molar-refractivity contribution in [2.24, 2.45) is 0 Å². The summed E-state index contributed by atoms with van der Waals surface area (Å²) in [6.45, 7) is 0.611. The summed E-state index contributed by atoms with van der Waals surface area (Å²) in [6, 6.07) is 8.36. The predicted octanol–water partition coefficient (Wildman–Crippen LogP) is 2.55. The molecular formula is C21H18BF2N5O2. The van der Waals surface area contributed by atoms with Crippen LogP contribution in [0.15, 0.2) is 40.8 Å². The zero-order valence-electron chi connectivity index (χ0n) is 16.6. The zero-order chi connectivity index (χ0) is 22.0. The van der Waals surface area contributed by atoms with Crippen LogP contribution < -0.4 is 16.1 Å². The van der Waals surface area contributed by atoms with Crippen LogP contribution in [0.4, 0.5) is 14.8 Å². The van der Waals surface area contributed by atoms with Crippen molar-refractivity contribution in [3.8, 4) is 22.7 Å². The molecule has 1 atom stereocenters. The fraction of sp³-hybridized carbons (Fsp3) is 0.190. The average Bonchev–Trinajstić information content (AvgIpc) is 3.36. The van der Waals surface area contributed by atoms with E-state index in [4.69, 9.17) is 12.3 Å². The van der Waals surface area contributed by atoms with E-state index in [0.717, 1.165) is 12.4 Å². The second-order valence-electron chi connectivity index (χ2n) is 7.00. The number of carbonyl (C=O) groups excluding carboxylic acids is 1. The fourth-order valence-electron chi connectivity index (χ4n) is 3.32. The number of carbonyl (C=O) groups is 1. The highest BCUT2D eigenvalue weighted by Crippen LogP contribution is 2.39. The first-order valence-corrected chi connectivity index (χ1v) is 9.57. The summed E-state index contributed by atoms with van der Waals surface area (Å²) >= 11 is 0. The van der Waals surface area contributed by atoms with Gasteiger partial charge >= 0.3 is 6.01 Å². The Hall–Kier alpha value is -3.53. The minimum absolute atomic E-state index is 0.0256. The maximum atomic E-state index is 14.5. The first-order chi connectivity index (χ1) is 15.0. The summed E-state index contributed by atoms with van der Waals surface area (Å²) in [4.78, 5) is 14.3. The summed E-state index contributed by atoms with van der Waals surface area (Å²) in [5.41, 5.74) is 2.15. The van der Waals surface area contributed by atoms with E-state index in [1.54, 1.807) is 31.3 Å². The molecule has 0 saturated carbocycles. The van der Waals surface area contributed by atoms with E-state index in [0.29, 0.717) is 35.2 Å². The van der Waals surface area contributed by atoms with Crippen molar-refractivity contribution in [2.45, 2.75) is 12.5 Å². The molecular weight excluding hydrogens is 403 g/mol. The Kier molecular flexibility index (Phi) is 5.81. The third kappa shape index (κ3) is 4.20. The van der Waals surface area contributed by atoms with Crippen LogP contribution in [0.5, 0.6) is 0 Å². The number of fused-ring (bicyclic) bond motifs is 1. The fourth-order valence-corrected chi connectivity index (χ4v) is 3.32. The molecule has 7 nitrogen and oxygen atoms in total. The quantitative estimate of drug-likeness (QED) is 0.299. The molecule has 3 N–H and O–H groups in total. The Balaban J connectivity index is 1.81. The van der Waals surface area contributed by atoms with E-state index in [9.17, 15) is 13.6 Å². The lowest BCUT2D eigenvalue weighted by Gasteiger charge is -2.09. The van der Waals surface area contributed by atoms with Crippen molar-refractivity contribution in [1.82, 2.24) is 20.5 Å². The lowest BCUT2D eigenvalue weighted by Crippen LogP contribution is -2.25. The molecule has 1 unspecified atom stereocenters. The van der Waals surface area contributed by atoms with Gasteiger partial charge in [0.2, 0.25) is 0 Å². The summed E-state index contributed by atoms with van der Waals surface area (Å²) in [5, 5.41) is 14.0. The van der Waals surface area contributed by atoms with Gasteiger partial charge in [0.1, 0.15) is 25.8 Å². The lowest BCUT2D eigenvalue weighted by molar-refractivity contribution is -0.108. The third-order valence-electron chi connectivity index (χ3n) is 4.84. The average molecular weight is 421 g/mol. The summed E-state index contributed by atoms with van der Waals surface area (Å²) in [5.74, 6) is -1.44. The smallest absolute Gasteiger partial charge is 0.316 e. The van der Waals surface area contributed by atoms with Crippen molar-refractivity contribution in [1.29, 1.82) is 0 Å². The Morgan fingerprint density at radius 2 is 2.00 bits per heavy atom. The molecule has 0 amide bonds. The van der Waals surface area contributed by atoms with Gasteiger partial charge in [-0.2, -0.15) is 0 Å². The Bertz CT molecular complexity index is 1220. The molecule has 31 heavy (non-hydrogen) atoms. The molecule has 0 spiro atoms. The zero-order valence-corrected chi connectivity index (χ0v) is 16.6. The molecule has 2 aromatic heterocycles. The lowest BCUT2D eigenvalue weighted by atomic mass is 9.94. The molecule has 0 saturated heterocycles. The van der Waals surface area contributed by atoms with Crippen LogP contribution >= 0.6 is 0 Å². The molecule has 0 aliphatic rings. The number of benzene rings is 2. The van der Waals surface area contributed by atoms with E-state index in [-0.39, 0.29) is 22.8 Å². The number of aromatic nitrogens is 3. The van der Waals surface area contributed by atoms with Crippen LogP contribution in [0.2, 0.25) is 0 Å². The number of anilines is 1. The molecule has 4 rings (SSSR count). The highest BCUT2D eigenvalue weighted by Gasteiger charge is 2.23. The van der Waals surface area contributed by atoms with Crippen molar-refractivity contribution in [3.05, 3.63) is 48.0 Å². The van der Waals surface area contributed by atoms with Gasteiger partial charge in [0.05, 0.1) is 22.8 Å². The van der Waals surface area contributed by atoms with Gasteiger partial charge in [0.15, 0.2) is 0 Å². The number of aromatic amines is 1. The predicted molar refractivity (Wildman–Crippen MR) is 114 cm³/mol. The highest BCUT2D eigenvalue weighted by atomic mass is 19.1. The minimum Gasteiger partial charge on any atom is -0.403 e. The monoisotopic (exact) mass is 421 g/mol. The topological polar surface area (TPSA) is 95.8 Å². The SMILES string of the molecule is [B]c1ccc(-c2[nH]c3c(F)cc(F)cc3c2-c2nnc(NC(C=O)CCNC)o2)cc1. The van der Waals surface area contributed by atoms with Gasteiger partial charge in [-0.15, -0.1) is 5.10 Å². The third-order valence-corrected chi connectivity index (χ3v) is 4.84. The van der Waals surface area contributed by atoms with Crippen molar-refractivity contribution >= 4 is 36.5 Å². The summed E-state index contributed by atoms with van der Waals surface area (Å²) < 4.78 is 34.2. The number of rotatable bonds is 8. The number of hydrogen-bond donors (Lipinski definition) is 3. The minimum atomic E-state index is -0.746. The van der Waals surface area contributed by atoms with Crippen LogP contribution in [0.3, 0.4) is 0 Å². The largest absolute Gasteiger partial charge is 0.403 e. The number of aldehydes is 1. The number of nitrogens with one attached hydrogen (secondary N) is 3. The van der Waals surface area contributed by atoms with Crippen molar-refractivity contribution in [3.63, 3.8) is 0 Å². The number of hydrogen-bond acceptors (Lipinski definition) is 6. The Morgan fingerprint density at radius 3 is 2.71 bits per heavy atom. The highest BCUT2D eigenvalue weighted by molar-refractivity contribution is 6.32. The van der Waals surface area contributed by atoms with Gasteiger partial charge in [-0.1, -0.05) is 34.8 Å². The van der Waals surface area contributed by atoms with Gasteiger partial charge in [0, 0.05) is 11.5 Å². The Labute approximate surface area is 177 Å². The van der Waals surface area contributed by atoms with E-state index < -0.39 is 17.7 Å². The molecule has 0 fully saturated rings. The second kappa shape index (κ2) is 8.69. The summed E-state index contributed by atoms with van der Waals surface area (Å²) in [6.07, 6.45) is 1.26. The summed E-state index contributed by atoms with van der Waals surface area (Å²) in [7, 11) is 7.55. The van der Waals surface area contributed by atoms with Crippen LogP contribution in [0.1, 0.15) is 6.42 Å². The molecule has 0 bridgehead atoms. The molecule has 10 heteroatoms. The van der Waals surface area contributed by atoms with Crippen LogP contribution in [-0.2, 0) is 4.79 Å². The van der Waals surface area contributed by atoms with E-state index in [1.807, 2.05) is 0 Å². The van der Waals surface area contributed by atoms with Gasteiger partial charge in [0.25, 0.3) is 5.89 Å². The number of H-pyrrole nitrogens is 1. The number of nitrogens with zero attached hydrogens (tertiary/aromatic N) is 2. The molecule has 0 aliphatic heterocycles. The standard InChI is InChI=1S/C21H18BF2N5O2/c1-25-7-6-14(10-30)26-21-29-28-20(31-21)17-15-8-13(23)9-16(24)19(15)27-18(17)11-2-4-12(22)5-3-11/h2-5,8-10,14,25,27H,6-7H2,1H3,(H,26,29). The van der Waals surface area contributed by atoms with Crippen LogP contribution in [0.25, 0.3) is 33.6 Å². The van der Waals surface area contributed by atoms with Crippen LogP contribution in [0, 0.1) is 11.6 Å². The molecule has 0 aliphatic carbocycles. The number of halogens is 2. The first-order valence-electron chi connectivity index (χ1n) is 9.57. The normalized spacial score (nSPS) is 12.2. The maximum absolute atomic E-state index is 14.5. The first kappa shape index (κ1) is 20.7. The molecule has 2 heterocycles. The van der Waals surface area contributed by atoms with Crippen molar-refractivity contribution in [2.75, 3.05) is 18.9 Å². The van der Waals surface area contributed by atoms with Gasteiger partial charge in [-0.05, 0) is 31.6 Å². The van der Waals surface area contributed by atoms with Crippen LogP contribution in [-0.4, -0.2) is 48.9 Å². The second-order valence-corrected chi connectivity index (χ2v) is 7.00. The van der Waals surface area contributed by atoms with E-state index in [1.165, 1.54) is 6.07 Å². The van der Waals surface area contributed by atoms with Gasteiger partial charge < -0.3 is 24.8 Å². The van der Waals surface area contributed by atoms with Crippen molar-refractivity contribution < 1.29 is 18.0 Å². The maximum Gasteiger partial charge on any atom is 0.316 e. The van der Waals surface area contributed by atoms with Gasteiger partial charge in [-0.25, -0.2) is 8.78 Å².